The van der Waals surface area contributed by atoms with Gasteiger partial charge in [0.05, 0.1) is 6.20 Å². The zero-order valence-electron chi connectivity index (χ0n) is 9.66. The molecule has 0 fully saturated rings. The molecule has 0 aliphatic rings. The molecule has 0 atom stereocenters. The van der Waals surface area contributed by atoms with Crippen molar-refractivity contribution in [3.63, 3.8) is 0 Å². The molecule has 8 heteroatoms. The third kappa shape index (κ3) is 3.53. The van der Waals surface area contributed by atoms with Crippen LogP contribution in [0.1, 0.15) is 10.5 Å². The summed E-state index contributed by atoms with van der Waals surface area (Å²) in [5.41, 5.74) is 0.618. The number of carboxylic acid groups (broad SMARTS) is 1. The number of hydrogen-bond acceptors (Lipinski definition) is 5. The van der Waals surface area contributed by atoms with Gasteiger partial charge in [0, 0.05) is 11.8 Å². The fourth-order valence-electron chi connectivity index (χ4n) is 1.31. The zero-order chi connectivity index (χ0) is 13.7. The van der Waals surface area contributed by atoms with Crippen molar-refractivity contribution in [1.29, 1.82) is 0 Å². The summed E-state index contributed by atoms with van der Waals surface area (Å²) in [6.07, 6.45) is 1.29. The van der Waals surface area contributed by atoms with Crippen molar-refractivity contribution in [2.45, 2.75) is 0 Å². The zero-order valence-corrected chi connectivity index (χ0v) is 9.66. The highest BCUT2D eigenvalue weighted by Gasteiger charge is 2.09. The van der Waals surface area contributed by atoms with E-state index in [4.69, 9.17) is 9.84 Å². The SMILES string of the molecule is O=C(O)COc1cccc(NC(=O)c2cn[nH]n2)c1. The molecule has 0 radical (unpaired) electrons. The van der Waals surface area contributed by atoms with Crippen LogP contribution in [0, 0.1) is 0 Å². The summed E-state index contributed by atoms with van der Waals surface area (Å²) >= 11 is 0. The number of benzene rings is 1. The van der Waals surface area contributed by atoms with Gasteiger partial charge in [-0.15, -0.1) is 0 Å². The lowest BCUT2D eigenvalue weighted by Gasteiger charge is -2.06. The Hall–Kier alpha value is -2.90. The van der Waals surface area contributed by atoms with Crippen LogP contribution in [0.15, 0.2) is 30.5 Å². The summed E-state index contributed by atoms with van der Waals surface area (Å²) in [5.74, 6) is -1.15. The second-order valence-corrected chi connectivity index (χ2v) is 3.52. The molecule has 0 aliphatic carbocycles. The van der Waals surface area contributed by atoms with Gasteiger partial charge < -0.3 is 15.2 Å². The lowest BCUT2D eigenvalue weighted by Crippen LogP contribution is -2.13. The van der Waals surface area contributed by atoms with Crippen LogP contribution in [0.2, 0.25) is 0 Å². The van der Waals surface area contributed by atoms with Crippen LogP contribution in [0.25, 0.3) is 0 Å². The number of H-pyrrole nitrogens is 1. The molecule has 19 heavy (non-hydrogen) atoms. The number of ether oxygens (including phenoxy) is 1. The first-order valence-electron chi connectivity index (χ1n) is 5.27. The van der Waals surface area contributed by atoms with E-state index < -0.39 is 18.5 Å². The normalized spacial score (nSPS) is 9.89. The molecule has 1 heterocycles. The Bertz CT molecular complexity index is 582. The molecule has 0 bridgehead atoms. The largest absolute Gasteiger partial charge is 0.482 e. The number of carbonyl (C=O) groups excluding carboxylic acids is 1. The second-order valence-electron chi connectivity index (χ2n) is 3.52. The highest BCUT2D eigenvalue weighted by Crippen LogP contribution is 2.17. The van der Waals surface area contributed by atoms with Crippen LogP contribution in [-0.4, -0.2) is 39.0 Å². The molecular formula is C11H10N4O4. The topological polar surface area (TPSA) is 117 Å². The number of nitrogens with zero attached hydrogens (tertiary/aromatic N) is 2. The van der Waals surface area contributed by atoms with E-state index in [1.807, 2.05) is 0 Å². The average molecular weight is 262 g/mol. The molecule has 0 saturated carbocycles. The summed E-state index contributed by atoms with van der Waals surface area (Å²) in [5, 5.41) is 20.6. The number of carboxylic acids is 1. The lowest BCUT2D eigenvalue weighted by molar-refractivity contribution is -0.139. The van der Waals surface area contributed by atoms with E-state index in [9.17, 15) is 9.59 Å². The number of aliphatic carboxylic acids is 1. The van der Waals surface area contributed by atoms with Gasteiger partial charge in [0.15, 0.2) is 12.3 Å². The number of hydrogen-bond donors (Lipinski definition) is 3. The Morgan fingerprint density at radius 3 is 2.95 bits per heavy atom. The standard InChI is InChI=1S/C11H10N4O4/c16-10(17)6-19-8-3-1-2-7(4-8)13-11(18)9-5-12-15-14-9/h1-5H,6H2,(H,13,18)(H,16,17)(H,12,14,15). The van der Waals surface area contributed by atoms with Gasteiger partial charge in [-0.2, -0.15) is 15.4 Å². The molecule has 2 aromatic rings. The van der Waals surface area contributed by atoms with Gasteiger partial charge >= 0.3 is 5.97 Å². The van der Waals surface area contributed by atoms with Crippen molar-refractivity contribution in [3.05, 3.63) is 36.2 Å². The van der Waals surface area contributed by atoms with Gasteiger partial charge in [0.1, 0.15) is 5.75 Å². The summed E-state index contributed by atoms with van der Waals surface area (Å²) in [4.78, 5) is 22.1. The Kier molecular flexibility index (Phi) is 3.72. The van der Waals surface area contributed by atoms with Gasteiger partial charge in [0.2, 0.25) is 0 Å². The molecule has 0 spiro atoms. The number of rotatable bonds is 5. The highest BCUT2D eigenvalue weighted by molar-refractivity contribution is 6.02. The minimum absolute atomic E-state index is 0.150. The quantitative estimate of drug-likeness (QED) is 0.723. The Labute approximate surface area is 107 Å². The van der Waals surface area contributed by atoms with Crippen LogP contribution in [0.3, 0.4) is 0 Å². The maximum atomic E-state index is 11.7. The average Bonchev–Trinajstić information content (AvgIpc) is 2.91. The minimum atomic E-state index is -1.07. The van der Waals surface area contributed by atoms with Crippen molar-refractivity contribution >= 4 is 17.6 Å². The number of amides is 1. The molecule has 0 unspecified atom stereocenters. The van der Waals surface area contributed by atoms with Crippen molar-refractivity contribution in [3.8, 4) is 5.75 Å². The molecule has 2 rings (SSSR count). The van der Waals surface area contributed by atoms with Crippen LogP contribution in [0.4, 0.5) is 5.69 Å². The van der Waals surface area contributed by atoms with Crippen molar-refractivity contribution in [2.24, 2.45) is 0 Å². The van der Waals surface area contributed by atoms with Gasteiger partial charge in [-0.3, -0.25) is 4.79 Å². The summed E-state index contributed by atoms with van der Waals surface area (Å²) < 4.78 is 5.00. The van der Waals surface area contributed by atoms with E-state index in [0.29, 0.717) is 11.4 Å². The lowest BCUT2D eigenvalue weighted by atomic mass is 10.3. The molecule has 1 aromatic carbocycles. The van der Waals surface area contributed by atoms with E-state index in [1.165, 1.54) is 12.3 Å². The first-order valence-corrected chi connectivity index (χ1v) is 5.27. The van der Waals surface area contributed by atoms with E-state index in [0.717, 1.165) is 0 Å². The fourth-order valence-corrected chi connectivity index (χ4v) is 1.31. The third-order valence-corrected chi connectivity index (χ3v) is 2.10. The highest BCUT2D eigenvalue weighted by atomic mass is 16.5. The van der Waals surface area contributed by atoms with Crippen LogP contribution < -0.4 is 10.1 Å². The Morgan fingerprint density at radius 2 is 2.26 bits per heavy atom. The summed E-state index contributed by atoms with van der Waals surface area (Å²) in [6, 6.07) is 6.39. The van der Waals surface area contributed by atoms with E-state index >= 15 is 0 Å². The number of anilines is 1. The number of carbonyl (C=O) groups is 2. The number of nitrogens with one attached hydrogen (secondary N) is 2. The maximum absolute atomic E-state index is 11.7. The fraction of sp³-hybridized carbons (Fsp3) is 0.0909. The van der Waals surface area contributed by atoms with Gasteiger partial charge in [-0.05, 0) is 12.1 Å². The Morgan fingerprint density at radius 1 is 1.42 bits per heavy atom. The van der Waals surface area contributed by atoms with Gasteiger partial charge in [0.25, 0.3) is 5.91 Å². The monoisotopic (exact) mass is 262 g/mol. The van der Waals surface area contributed by atoms with E-state index in [1.54, 1.807) is 18.2 Å². The molecule has 0 aliphatic heterocycles. The molecule has 98 valence electrons. The minimum Gasteiger partial charge on any atom is -0.482 e. The van der Waals surface area contributed by atoms with E-state index in [-0.39, 0.29) is 5.69 Å². The molecule has 3 N–H and O–H groups in total. The molecule has 8 nitrogen and oxygen atoms in total. The molecule has 1 amide bonds. The van der Waals surface area contributed by atoms with Gasteiger partial charge in [-0.1, -0.05) is 6.07 Å². The first kappa shape index (κ1) is 12.6. The van der Waals surface area contributed by atoms with Crippen LogP contribution in [-0.2, 0) is 4.79 Å². The summed E-state index contributed by atoms with van der Waals surface area (Å²) in [6.45, 7) is -0.444. The maximum Gasteiger partial charge on any atom is 0.341 e. The molecule has 0 saturated heterocycles. The van der Waals surface area contributed by atoms with Crippen LogP contribution >= 0.6 is 0 Å². The molecule has 1 aromatic heterocycles. The number of aromatic amines is 1. The van der Waals surface area contributed by atoms with Crippen LogP contribution in [0.5, 0.6) is 5.75 Å². The predicted molar refractivity (Wildman–Crippen MR) is 63.9 cm³/mol. The summed E-state index contributed by atoms with van der Waals surface area (Å²) in [7, 11) is 0. The smallest absolute Gasteiger partial charge is 0.341 e. The third-order valence-electron chi connectivity index (χ3n) is 2.10. The Balaban J connectivity index is 2.02. The van der Waals surface area contributed by atoms with Crippen molar-refractivity contribution in [1.82, 2.24) is 15.4 Å². The first-order chi connectivity index (χ1) is 9.15. The second kappa shape index (κ2) is 5.63. The van der Waals surface area contributed by atoms with Gasteiger partial charge in [-0.25, -0.2) is 4.79 Å². The number of aromatic nitrogens is 3. The van der Waals surface area contributed by atoms with Crippen molar-refractivity contribution in [2.75, 3.05) is 11.9 Å². The van der Waals surface area contributed by atoms with Crippen molar-refractivity contribution < 1.29 is 19.4 Å². The molecular weight excluding hydrogens is 252 g/mol. The van der Waals surface area contributed by atoms with E-state index in [2.05, 4.69) is 20.7 Å². The predicted octanol–water partition coefficient (Wildman–Crippen LogP) is 0.520.